The van der Waals surface area contributed by atoms with Crippen LogP contribution in [0.25, 0.3) is 0 Å². The maximum atomic E-state index is 12.0. The molecule has 1 atom stereocenters. The molecule has 0 bridgehead atoms. The number of carbonyl (C=O) groups is 2. The highest BCUT2D eigenvalue weighted by atomic mass is 16.6. The fourth-order valence-corrected chi connectivity index (χ4v) is 1.88. The third kappa shape index (κ3) is 5.24. The molecule has 0 aliphatic heterocycles. The van der Waals surface area contributed by atoms with E-state index >= 15 is 0 Å². The Morgan fingerprint density at radius 1 is 1.12 bits per heavy atom. The Hall–Kier alpha value is -3.55. The van der Waals surface area contributed by atoms with Gasteiger partial charge in [-0.2, -0.15) is 5.10 Å². The third-order valence-electron chi connectivity index (χ3n) is 3.27. The van der Waals surface area contributed by atoms with E-state index in [9.17, 15) is 19.7 Å². The summed E-state index contributed by atoms with van der Waals surface area (Å²) in [7, 11) is 0. The van der Waals surface area contributed by atoms with Crippen LogP contribution in [0.15, 0.2) is 59.7 Å². The summed E-state index contributed by atoms with van der Waals surface area (Å²) < 4.78 is 0. The number of amides is 2. The molecular formula is C17H16N4O4. The molecule has 0 aromatic heterocycles. The molecule has 2 rings (SSSR count). The molecule has 25 heavy (non-hydrogen) atoms. The Morgan fingerprint density at radius 3 is 2.36 bits per heavy atom. The predicted molar refractivity (Wildman–Crippen MR) is 92.2 cm³/mol. The largest absolute Gasteiger partial charge is 0.340 e. The van der Waals surface area contributed by atoms with E-state index in [2.05, 4.69) is 15.8 Å². The minimum absolute atomic E-state index is 0.0292. The van der Waals surface area contributed by atoms with E-state index in [0.717, 1.165) is 0 Å². The first-order valence-corrected chi connectivity index (χ1v) is 7.40. The average Bonchev–Trinajstić information content (AvgIpc) is 2.62. The first-order valence-electron chi connectivity index (χ1n) is 7.40. The van der Waals surface area contributed by atoms with Gasteiger partial charge in [0.2, 0.25) is 0 Å². The molecule has 0 aliphatic carbocycles. The van der Waals surface area contributed by atoms with Crippen molar-refractivity contribution in [3.63, 3.8) is 0 Å². The lowest BCUT2D eigenvalue weighted by Gasteiger charge is -2.12. The highest BCUT2D eigenvalue weighted by Crippen LogP contribution is 2.10. The van der Waals surface area contributed by atoms with E-state index in [1.165, 1.54) is 37.4 Å². The number of non-ortho nitro benzene ring substituents is 1. The maximum Gasteiger partial charge on any atom is 0.269 e. The zero-order valence-corrected chi connectivity index (χ0v) is 13.4. The van der Waals surface area contributed by atoms with Crippen LogP contribution in [-0.2, 0) is 4.79 Å². The van der Waals surface area contributed by atoms with Crippen LogP contribution >= 0.6 is 0 Å². The molecule has 8 heteroatoms. The van der Waals surface area contributed by atoms with Crippen LogP contribution in [0.5, 0.6) is 0 Å². The van der Waals surface area contributed by atoms with Gasteiger partial charge in [-0.25, -0.2) is 5.43 Å². The van der Waals surface area contributed by atoms with Crippen LogP contribution in [0.3, 0.4) is 0 Å². The Labute approximate surface area is 143 Å². The van der Waals surface area contributed by atoms with Gasteiger partial charge in [0.05, 0.1) is 11.1 Å². The van der Waals surface area contributed by atoms with Gasteiger partial charge in [-0.15, -0.1) is 0 Å². The molecule has 2 aromatic rings. The molecule has 128 valence electrons. The van der Waals surface area contributed by atoms with Crippen LogP contribution in [0.2, 0.25) is 0 Å². The Morgan fingerprint density at radius 2 is 1.76 bits per heavy atom. The molecule has 8 nitrogen and oxygen atoms in total. The topological polar surface area (TPSA) is 114 Å². The van der Waals surface area contributed by atoms with Crippen LogP contribution in [-0.4, -0.2) is 29.0 Å². The van der Waals surface area contributed by atoms with Gasteiger partial charge in [0, 0.05) is 17.7 Å². The molecule has 2 aromatic carbocycles. The van der Waals surface area contributed by atoms with Crippen molar-refractivity contribution in [1.82, 2.24) is 10.7 Å². The average molecular weight is 340 g/mol. The van der Waals surface area contributed by atoms with E-state index in [1.54, 1.807) is 30.3 Å². The predicted octanol–water partition coefficient (Wildman–Crippen LogP) is 1.86. The number of hydrazone groups is 1. The monoisotopic (exact) mass is 340 g/mol. The minimum atomic E-state index is -0.776. The van der Waals surface area contributed by atoms with Crippen molar-refractivity contribution >= 4 is 23.7 Å². The first kappa shape index (κ1) is 17.8. The quantitative estimate of drug-likeness (QED) is 0.474. The lowest BCUT2D eigenvalue weighted by Crippen LogP contribution is -2.43. The number of nitro benzene ring substituents is 1. The third-order valence-corrected chi connectivity index (χ3v) is 3.27. The zero-order valence-electron chi connectivity index (χ0n) is 13.4. The van der Waals surface area contributed by atoms with E-state index in [0.29, 0.717) is 11.1 Å². The summed E-state index contributed by atoms with van der Waals surface area (Å²) in [6.45, 7) is 1.54. The van der Waals surface area contributed by atoms with Gasteiger partial charge in [0.1, 0.15) is 6.04 Å². The summed E-state index contributed by atoms with van der Waals surface area (Å²) in [6, 6.07) is 13.5. The van der Waals surface area contributed by atoms with Gasteiger partial charge < -0.3 is 5.32 Å². The zero-order chi connectivity index (χ0) is 18.2. The normalized spacial score (nSPS) is 11.7. The van der Waals surface area contributed by atoms with Crippen molar-refractivity contribution in [2.24, 2.45) is 5.10 Å². The van der Waals surface area contributed by atoms with E-state index in [1.807, 2.05) is 0 Å². The number of nitrogens with one attached hydrogen (secondary N) is 2. The highest BCUT2D eigenvalue weighted by Gasteiger charge is 2.15. The molecule has 0 saturated carbocycles. The number of rotatable bonds is 6. The van der Waals surface area contributed by atoms with E-state index < -0.39 is 16.9 Å². The van der Waals surface area contributed by atoms with E-state index in [4.69, 9.17) is 0 Å². The number of benzene rings is 2. The summed E-state index contributed by atoms with van der Waals surface area (Å²) >= 11 is 0. The summed E-state index contributed by atoms with van der Waals surface area (Å²) in [6.07, 6.45) is 1.35. The van der Waals surface area contributed by atoms with Crippen LogP contribution < -0.4 is 10.7 Å². The number of nitro groups is 1. The van der Waals surface area contributed by atoms with Crippen molar-refractivity contribution < 1.29 is 14.5 Å². The molecule has 0 aliphatic rings. The Bertz CT molecular complexity index is 788. The maximum absolute atomic E-state index is 12.0. The van der Waals surface area contributed by atoms with Crippen LogP contribution in [0.4, 0.5) is 5.69 Å². The van der Waals surface area contributed by atoms with Gasteiger partial charge >= 0.3 is 0 Å². The van der Waals surface area contributed by atoms with Gasteiger partial charge in [-0.3, -0.25) is 19.7 Å². The molecular weight excluding hydrogens is 324 g/mol. The van der Waals surface area contributed by atoms with Gasteiger partial charge in [-0.05, 0) is 36.8 Å². The Balaban J connectivity index is 1.86. The van der Waals surface area contributed by atoms with Crippen molar-refractivity contribution in [3.05, 3.63) is 75.8 Å². The van der Waals surface area contributed by atoms with Crippen LogP contribution in [0, 0.1) is 10.1 Å². The van der Waals surface area contributed by atoms with Crippen molar-refractivity contribution in [3.8, 4) is 0 Å². The smallest absolute Gasteiger partial charge is 0.269 e. The number of carbonyl (C=O) groups excluding carboxylic acids is 2. The van der Waals surface area contributed by atoms with Crippen molar-refractivity contribution in [1.29, 1.82) is 0 Å². The van der Waals surface area contributed by atoms with Gasteiger partial charge in [0.25, 0.3) is 17.5 Å². The van der Waals surface area contributed by atoms with Crippen molar-refractivity contribution in [2.45, 2.75) is 13.0 Å². The van der Waals surface area contributed by atoms with Gasteiger partial charge in [-0.1, -0.05) is 18.2 Å². The second-order valence-corrected chi connectivity index (χ2v) is 5.14. The summed E-state index contributed by atoms with van der Waals surface area (Å²) in [5, 5.41) is 16.9. The molecule has 2 amide bonds. The molecule has 0 saturated heterocycles. The summed E-state index contributed by atoms with van der Waals surface area (Å²) in [5.41, 5.74) is 3.32. The SMILES string of the molecule is CC(NC(=O)c1ccccc1)C(=O)N/N=C/c1ccc([N+](=O)[O-])cc1. The molecule has 1 unspecified atom stereocenters. The molecule has 0 spiro atoms. The lowest BCUT2D eigenvalue weighted by molar-refractivity contribution is -0.384. The number of hydrogen-bond donors (Lipinski definition) is 2. The summed E-state index contributed by atoms with van der Waals surface area (Å²) in [4.78, 5) is 33.9. The van der Waals surface area contributed by atoms with E-state index in [-0.39, 0.29) is 11.6 Å². The van der Waals surface area contributed by atoms with Gasteiger partial charge in [0.15, 0.2) is 0 Å². The standard InChI is InChI=1S/C17H16N4O4/c1-12(19-17(23)14-5-3-2-4-6-14)16(22)20-18-11-13-7-9-15(10-8-13)21(24)25/h2-12H,1H3,(H,19,23)(H,20,22)/b18-11+. The second kappa shape index (κ2) is 8.34. The first-order chi connectivity index (χ1) is 12.0. The lowest BCUT2D eigenvalue weighted by atomic mass is 10.2. The summed E-state index contributed by atoms with van der Waals surface area (Å²) in [5.74, 6) is -0.843. The minimum Gasteiger partial charge on any atom is -0.340 e. The second-order valence-electron chi connectivity index (χ2n) is 5.14. The fourth-order valence-electron chi connectivity index (χ4n) is 1.88. The van der Waals surface area contributed by atoms with Crippen LogP contribution in [0.1, 0.15) is 22.8 Å². The molecule has 0 radical (unpaired) electrons. The molecule has 2 N–H and O–H groups in total. The van der Waals surface area contributed by atoms with Crippen molar-refractivity contribution in [2.75, 3.05) is 0 Å². The molecule has 0 heterocycles. The number of hydrogen-bond acceptors (Lipinski definition) is 5. The number of nitrogens with zero attached hydrogens (tertiary/aromatic N) is 2. The fraction of sp³-hybridized carbons (Fsp3) is 0.118. The Kier molecular flexibility index (Phi) is 5.94. The molecule has 0 fully saturated rings. The highest BCUT2D eigenvalue weighted by molar-refractivity contribution is 5.97.